The third-order valence-electron chi connectivity index (χ3n) is 4.78. The molecule has 2 heterocycles. The molecular weight excluding hydrogens is 364 g/mol. The van der Waals surface area contributed by atoms with Gasteiger partial charge in [-0.2, -0.15) is 8.75 Å². The number of aromatic nitrogens is 2. The topological polar surface area (TPSA) is 90.5 Å². The van der Waals surface area contributed by atoms with Crippen LogP contribution in [0, 0.1) is 0 Å². The van der Waals surface area contributed by atoms with Gasteiger partial charge >= 0.3 is 0 Å². The molecule has 0 saturated carbocycles. The minimum absolute atomic E-state index is 0.0570. The fourth-order valence-corrected chi connectivity index (χ4v) is 3.58. The number of piperazine rings is 1. The molecule has 9 heteroatoms. The molecule has 1 aliphatic rings. The van der Waals surface area contributed by atoms with Crippen molar-refractivity contribution in [1.29, 1.82) is 0 Å². The van der Waals surface area contributed by atoms with Crippen molar-refractivity contribution in [1.82, 2.24) is 23.9 Å². The Balaban J connectivity index is 1.43. The second kappa shape index (κ2) is 9.20. The SMILES string of the molecule is CCC(C)NC(=O)CN1CCN(CC(=O)Nc2cccc3nsnc23)CC1. The number of benzene rings is 1. The molecule has 1 aliphatic heterocycles. The molecule has 1 atom stereocenters. The Morgan fingerprint density at radius 3 is 2.44 bits per heavy atom. The van der Waals surface area contributed by atoms with Gasteiger partial charge in [-0.1, -0.05) is 13.0 Å². The Kier molecular flexibility index (Phi) is 6.70. The Bertz CT molecular complexity index is 787. The summed E-state index contributed by atoms with van der Waals surface area (Å²) >= 11 is 1.14. The smallest absolute Gasteiger partial charge is 0.238 e. The van der Waals surface area contributed by atoms with Crippen molar-refractivity contribution in [3.8, 4) is 0 Å². The fraction of sp³-hybridized carbons (Fsp3) is 0.556. The largest absolute Gasteiger partial charge is 0.353 e. The number of carbonyl (C=O) groups is 2. The number of rotatable bonds is 7. The summed E-state index contributed by atoms with van der Waals surface area (Å²) in [6.45, 7) is 7.93. The Hall–Kier alpha value is -2.10. The number of amides is 2. The van der Waals surface area contributed by atoms with Crippen molar-refractivity contribution < 1.29 is 9.59 Å². The molecule has 8 nitrogen and oxygen atoms in total. The maximum Gasteiger partial charge on any atom is 0.238 e. The summed E-state index contributed by atoms with van der Waals surface area (Å²) in [5, 5.41) is 5.93. The Labute approximate surface area is 163 Å². The van der Waals surface area contributed by atoms with Crippen LogP contribution >= 0.6 is 11.7 Å². The highest BCUT2D eigenvalue weighted by atomic mass is 32.1. The number of anilines is 1. The lowest BCUT2D eigenvalue weighted by Gasteiger charge is -2.34. The molecule has 146 valence electrons. The van der Waals surface area contributed by atoms with Crippen LogP contribution in [0.4, 0.5) is 5.69 Å². The maximum atomic E-state index is 12.4. The Morgan fingerprint density at radius 1 is 1.11 bits per heavy atom. The van der Waals surface area contributed by atoms with Crippen molar-refractivity contribution in [3.63, 3.8) is 0 Å². The van der Waals surface area contributed by atoms with Crippen LogP contribution in [0.2, 0.25) is 0 Å². The first-order valence-electron chi connectivity index (χ1n) is 9.30. The van der Waals surface area contributed by atoms with Gasteiger partial charge in [-0.15, -0.1) is 0 Å². The van der Waals surface area contributed by atoms with Gasteiger partial charge in [-0.25, -0.2) is 0 Å². The van der Waals surface area contributed by atoms with Gasteiger partial charge in [0.05, 0.1) is 30.5 Å². The molecule has 0 spiro atoms. The number of hydrogen-bond donors (Lipinski definition) is 2. The van der Waals surface area contributed by atoms with E-state index in [1.807, 2.05) is 25.1 Å². The maximum absolute atomic E-state index is 12.4. The highest BCUT2D eigenvalue weighted by Crippen LogP contribution is 2.21. The molecule has 3 rings (SSSR count). The van der Waals surface area contributed by atoms with E-state index >= 15 is 0 Å². The lowest BCUT2D eigenvalue weighted by atomic mass is 10.2. The highest BCUT2D eigenvalue weighted by molar-refractivity contribution is 7.00. The zero-order valence-electron chi connectivity index (χ0n) is 15.8. The molecule has 2 aromatic rings. The molecule has 1 aromatic carbocycles. The lowest BCUT2D eigenvalue weighted by molar-refractivity contribution is -0.124. The van der Waals surface area contributed by atoms with Gasteiger partial charge in [-0.3, -0.25) is 19.4 Å². The minimum atomic E-state index is -0.0570. The first-order chi connectivity index (χ1) is 13.0. The van der Waals surface area contributed by atoms with Crippen LogP contribution in [-0.2, 0) is 9.59 Å². The van der Waals surface area contributed by atoms with Crippen LogP contribution in [-0.4, -0.2) is 75.7 Å². The Morgan fingerprint density at radius 2 is 1.78 bits per heavy atom. The summed E-state index contributed by atoms with van der Waals surface area (Å²) in [5.41, 5.74) is 2.22. The molecule has 1 aromatic heterocycles. The molecule has 2 amide bonds. The molecule has 0 radical (unpaired) electrons. The standard InChI is InChI=1S/C18H26N6O2S/c1-3-13(2)19-16(25)11-23-7-9-24(10-8-23)12-17(26)20-14-5-4-6-15-18(14)22-27-21-15/h4-6,13H,3,7-12H2,1-2H3,(H,19,25)(H,20,26). The van der Waals surface area contributed by atoms with Gasteiger partial charge in [0, 0.05) is 32.2 Å². The van der Waals surface area contributed by atoms with E-state index < -0.39 is 0 Å². The van der Waals surface area contributed by atoms with Crippen LogP contribution in [0.5, 0.6) is 0 Å². The summed E-state index contributed by atoms with van der Waals surface area (Å²) in [6, 6.07) is 5.79. The van der Waals surface area contributed by atoms with E-state index in [4.69, 9.17) is 0 Å². The average Bonchev–Trinajstić information content (AvgIpc) is 3.13. The first-order valence-corrected chi connectivity index (χ1v) is 10.0. The number of carbonyl (C=O) groups excluding carboxylic acids is 2. The molecule has 0 bridgehead atoms. The van der Waals surface area contributed by atoms with E-state index in [1.54, 1.807) is 0 Å². The number of fused-ring (bicyclic) bond motifs is 1. The number of hydrogen-bond acceptors (Lipinski definition) is 7. The van der Waals surface area contributed by atoms with Crippen LogP contribution < -0.4 is 10.6 Å². The lowest BCUT2D eigenvalue weighted by Crippen LogP contribution is -2.51. The van der Waals surface area contributed by atoms with E-state index in [9.17, 15) is 9.59 Å². The normalized spacial score (nSPS) is 17.0. The predicted octanol–water partition coefficient (Wildman–Crippen LogP) is 1.16. The zero-order valence-corrected chi connectivity index (χ0v) is 16.6. The molecule has 1 saturated heterocycles. The summed E-state index contributed by atoms with van der Waals surface area (Å²) in [5.74, 6) is 0.0129. The van der Waals surface area contributed by atoms with Gasteiger partial charge in [0.25, 0.3) is 0 Å². The molecular formula is C18H26N6O2S. The van der Waals surface area contributed by atoms with Crippen molar-refractivity contribution >= 4 is 40.3 Å². The summed E-state index contributed by atoms with van der Waals surface area (Å²) < 4.78 is 8.43. The van der Waals surface area contributed by atoms with E-state index in [2.05, 4.69) is 36.1 Å². The van der Waals surface area contributed by atoms with Gasteiger partial charge in [0.2, 0.25) is 11.8 Å². The van der Waals surface area contributed by atoms with Crippen LogP contribution in [0.25, 0.3) is 11.0 Å². The van der Waals surface area contributed by atoms with Crippen molar-refractivity contribution in [2.45, 2.75) is 26.3 Å². The van der Waals surface area contributed by atoms with E-state index in [-0.39, 0.29) is 17.9 Å². The van der Waals surface area contributed by atoms with Gasteiger partial charge < -0.3 is 10.6 Å². The van der Waals surface area contributed by atoms with E-state index in [1.165, 1.54) is 0 Å². The highest BCUT2D eigenvalue weighted by Gasteiger charge is 2.21. The summed E-state index contributed by atoms with van der Waals surface area (Å²) in [7, 11) is 0. The molecule has 2 N–H and O–H groups in total. The fourth-order valence-electron chi connectivity index (χ4n) is 3.03. The van der Waals surface area contributed by atoms with Gasteiger partial charge in [0.15, 0.2) is 0 Å². The number of nitrogens with zero attached hydrogens (tertiary/aromatic N) is 4. The van der Waals surface area contributed by atoms with Gasteiger partial charge in [-0.05, 0) is 25.5 Å². The minimum Gasteiger partial charge on any atom is -0.353 e. The van der Waals surface area contributed by atoms with E-state index in [0.717, 1.165) is 55.4 Å². The zero-order chi connectivity index (χ0) is 19.2. The summed E-state index contributed by atoms with van der Waals surface area (Å²) in [4.78, 5) is 28.6. The van der Waals surface area contributed by atoms with Crippen molar-refractivity contribution in [2.75, 3.05) is 44.6 Å². The van der Waals surface area contributed by atoms with Crippen molar-refractivity contribution in [2.24, 2.45) is 0 Å². The molecule has 1 unspecified atom stereocenters. The molecule has 0 aliphatic carbocycles. The van der Waals surface area contributed by atoms with E-state index in [0.29, 0.717) is 18.8 Å². The second-order valence-corrected chi connectivity index (χ2v) is 7.44. The van der Waals surface area contributed by atoms with Crippen LogP contribution in [0.15, 0.2) is 18.2 Å². The predicted molar refractivity (Wildman–Crippen MR) is 107 cm³/mol. The number of nitrogens with one attached hydrogen (secondary N) is 2. The van der Waals surface area contributed by atoms with Crippen molar-refractivity contribution in [3.05, 3.63) is 18.2 Å². The quantitative estimate of drug-likeness (QED) is 0.737. The average molecular weight is 391 g/mol. The third kappa shape index (κ3) is 5.44. The molecule has 1 fully saturated rings. The van der Waals surface area contributed by atoms with Crippen LogP contribution in [0.3, 0.4) is 0 Å². The molecule has 27 heavy (non-hydrogen) atoms. The second-order valence-electron chi connectivity index (χ2n) is 6.91. The summed E-state index contributed by atoms with van der Waals surface area (Å²) in [6.07, 6.45) is 0.930. The van der Waals surface area contributed by atoms with Gasteiger partial charge in [0.1, 0.15) is 11.0 Å². The van der Waals surface area contributed by atoms with Crippen LogP contribution in [0.1, 0.15) is 20.3 Å². The third-order valence-corrected chi connectivity index (χ3v) is 5.32. The monoisotopic (exact) mass is 390 g/mol. The first kappa shape index (κ1) is 19.7.